The van der Waals surface area contributed by atoms with Gasteiger partial charge < -0.3 is 15.2 Å². The molecule has 1 atom stereocenters. The molecule has 134 valence electrons. The van der Waals surface area contributed by atoms with Crippen LogP contribution in [0.4, 0.5) is 0 Å². The minimum Gasteiger partial charge on any atom is -0.349 e. The first-order chi connectivity index (χ1) is 12.5. The number of H-pyrrole nitrogens is 1. The van der Waals surface area contributed by atoms with Crippen molar-refractivity contribution in [2.45, 2.75) is 6.04 Å². The third-order valence-corrected chi connectivity index (χ3v) is 4.69. The smallest absolute Gasteiger partial charge is 0.267 e. The molecule has 0 saturated heterocycles. The van der Waals surface area contributed by atoms with Gasteiger partial charge in [0, 0.05) is 17.0 Å². The Kier molecular flexibility index (Phi) is 5.40. The van der Waals surface area contributed by atoms with Crippen molar-refractivity contribution >= 4 is 28.3 Å². The Morgan fingerprint density at radius 3 is 2.58 bits per heavy atom. The summed E-state index contributed by atoms with van der Waals surface area (Å²) in [5, 5.41) is 4.84. The van der Waals surface area contributed by atoms with Crippen molar-refractivity contribution in [3.05, 3.63) is 81.2 Å². The van der Waals surface area contributed by atoms with Crippen molar-refractivity contribution in [3.8, 4) is 0 Å². The average molecular weight is 370 g/mol. The quantitative estimate of drug-likeness (QED) is 0.725. The van der Waals surface area contributed by atoms with Gasteiger partial charge in [-0.25, -0.2) is 0 Å². The molecule has 1 aromatic heterocycles. The van der Waals surface area contributed by atoms with Crippen molar-refractivity contribution in [1.82, 2.24) is 15.2 Å². The summed E-state index contributed by atoms with van der Waals surface area (Å²) in [6, 6.07) is 16.3. The molecule has 6 heteroatoms. The summed E-state index contributed by atoms with van der Waals surface area (Å²) in [7, 11) is 3.86. The molecule has 0 radical (unpaired) electrons. The first kappa shape index (κ1) is 18.2. The van der Waals surface area contributed by atoms with Crippen molar-refractivity contribution in [2.75, 3.05) is 20.6 Å². The van der Waals surface area contributed by atoms with Crippen LogP contribution in [0.5, 0.6) is 0 Å². The predicted molar refractivity (Wildman–Crippen MR) is 105 cm³/mol. The van der Waals surface area contributed by atoms with E-state index >= 15 is 0 Å². The number of halogens is 1. The molecule has 0 aliphatic carbocycles. The third-order valence-electron chi connectivity index (χ3n) is 4.34. The second-order valence-corrected chi connectivity index (χ2v) is 6.72. The third kappa shape index (κ3) is 3.79. The molecule has 3 rings (SSSR count). The van der Waals surface area contributed by atoms with Gasteiger partial charge in [-0.1, -0.05) is 48.0 Å². The van der Waals surface area contributed by atoms with Crippen molar-refractivity contribution < 1.29 is 4.79 Å². The number of fused-ring (bicyclic) bond motifs is 1. The van der Waals surface area contributed by atoms with Gasteiger partial charge in [0.05, 0.1) is 6.04 Å². The lowest BCUT2D eigenvalue weighted by Gasteiger charge is -2.26. The predicted octanol–water partition coefficient (Wildman–Crippen LogP) is 3.21. The fourth-order valence-electron chi connectivity index (χ4n) is 2.93. The molecule has 0 aliphatic heterocycles. The standard InChI is InChI=1S/C20H20ClN3O2/c1-24(2)18(15-9-5-6-10-16(15)21)12-22-20(26)17-11-13-7-3-4-8-14(13)19(25)23-17/h3-11,18H,12H2,1-2H3,(H,22,26)(H,23,25). The van der Waals surface area contributed by atoms with Crippen LogP contribution in [0.25, 0.3) is 10.8 Å². The molecule has 1 heterocycles. The number of likely N-dealkylation sites (N-methyl/N-ethyl adjacent to an activating group) is 1. The van der Waals surface area contributed by atoms with Gasteiger partial charge in [0.1, 0.15) is 5.69 Å². The number of aromatic amines is 1. The van der Waals surface area contributed by atoms with E-state index in [1.807, 2.05) is 55.4 Å². The van der Waals surface area contributed by atoms with Crippen molar-refractivity contribution in [2.24, 2.45) is 0 Å². The largest absolute Gasteiger partial charge is 0.349 e. The number of carbonyl (C=O) groups is 1. The highest BCUT2D eigenvalue weighted by molar-refractivity contribution is 6.31. The Morgan fingerprint density at radius 2 is 1.85 bits per heavy atom. The van der Waals surface area contributed by atoms with Gasteiger partial charge in [0.25, 0.3) is 11.5 Å². The second-order valence-electron chi connectivity index (χ2n) is 6.31. The van der Waals surface area contributed by atoms with E-state index in [0.717, 1.165) is 10.9 Å². The molecular weight excluding hydrogens is 350 g/mol. The highest BCUT2D eigenvalue weighted by Gasteiger charge is 2.18. The molecule has 2 N–H and O–H groups in total. The molecule has 0 bridgehead atoms. The maximum atomic E-state index is 12.6. The molecule has 0 fully saturated rings. The van der Waals surface area contributed by atoms with E-state index in [1.54, 1.807) is 18.2 Å². The minimum absolute atomic E-state index is 0.0835. The van der Waals surface area contributed by atoms with Gasteiger partial charge in [-0.3, -0.25) is 9.59 Å². The number of nitrogens with one attached hydrogen (secondary N) is 2. The van der Waals surface area contributed by atoms with E-state index in [0.29, 0.717) is 17.0 Å². The van der Waals surface area contributed by atoms with E-state index in [9.17, 15) is 9.59 Å². The van der Waals surface area contributed by atoms with E-state index in [-0.39, 0.29) is 23.2 Å². The van der Waals surface area contributed by atoms with Gasteiger partial charge in [0.2, 0.25) is 0 Å². The number of rotatable bonds is 5. The average Bonchev–Trinajstić information content (AvgIpc) is 2.63. The zero-order chi connectivity index (χ0) is 18.7. The summed E-state index contributed by atoms with van der Waals surface area (Å²) in [4.78, 5) is 29.3. The molecule has 1 amide bonds. The topological polar surface area (TPSA) is 65.2 Å². The first-order valence-electron chi connectivity index (χ1n) is 8.28. The molecular formula is C20H20ClN3O2. The number of hydrogen-bond donors (Lipinski definition) is 2. The lowest BCUT2D eigenvalue weighted by Crippen LogP contribution is -2.35. The normalized spacial score (nSPS) is 12.3. The zero-order valence-electron chi connectivity index (χ0n) is 14.6. The highest BCUT2D eigenvalue weighted by atomic mass is 35.5. The molecule has 26 heavy (non-hydrogen) atoms. The van der Waals surface area contributed by atoms with Crippen LogP contribution in [0.1, 0.15) is 22.1 Å². The van der Waals surface area contributed by atoms with Crippen LogP contribution in [0.2, 0.25) is 5.02 Å². The van der Waals surface area contributed by atoms with E-state index in [4.69, 9.17) is 11.6 Å². The van der Waals surface area contributed by atoms with Gasteiger partial charge in [-0.2, -0.15) is 0 Å². The maximum absolute atomic E-state index is 12.6. The minimum atomic E-state index is -0.327. The molecule has 0 spiro atoms. The molecule has 0 saturated carbocycles. The number of pyridine rings is 1. The van der Waals surface area contributed by atoms with Crippen LogP contribution >= 0.6 is 11.6 Å². The number of benzene rings is 2. The van der Waals surface area contributed by atoms with Crippen molar-refractivity contribution in [3.63, 3.8) is 0 Å². The van der Waals surface area contributed by atoms with E-state index in [1.165, 1.54) is 0 Å². The number of hydrogen-bond acceptors (Lipinski definition) is 3. The van der Waals surface area contributed by atoms with Gasteiger partial charge in [-0.15, -0.1) is 0 Å². The Labute approximate surface area is 156 Å². The summed E-state index contributed by atoms with van der Waals surface area (Å²) in [5.41, 5.74) is 0.903. The molecule has 0 aliphatic rings. The van der Waals surface area contributed by atoms with Gasteiger partial charge >= 0.3 is 0 Å². The van der Waals surface area contributed by atoms with Crippen LogP contribution in [-0.2, 0) is 0 Å². The Morgan fingerprint density at radius 1 is 1.15 bits per heavy atom. The monoisotopic (exact) mass is 369 g/mol. The van der Waals surface area contributed by atoms with Crippen molar-refractivity contribution in [1.29, 1.82) is 0 Å². The summed E-state index contributed by atoms with van der Waals surface area (Å²) in [6.45, 7) is 0.365. The molecule has 3 aromatic rings. The molecule has 2 aromatic carbocycles. The second kappa shape index (κ2) is 7.72. The maximum Gasteiger partial charge on any atom is 0.267 e. The zero-order valence-corrected chi connectivity index (χ0v) is 15.4. The summed E-state index contributed by atoms with van der Waals surface area (Å²) in [6.07, 6.45) is 0. The lowest BCUT2D eigenvalue weighted by molar-refractivity contribution is 0.0937. The summed E-state index contributed by atoms with van der Waals surface area (Å²) in [5.74, 6) is -0.327. The number of amides is 1. The van der Waals surface area contributed by atoms with Gasteiger partial charge in [0.15, 0.2) is 0 Å². The van der Waals surface area contributed by atoms with E-state index < -0.39 is 0 Å². The van der Waals surface area contributed by atoms with Crippen LogP contribution in [0.15, 0.2) is 59.4 Å². The SMILES string of the molecule is CN(C)C(CNC(=O)c1cc2ccccc2c(=O)[nH]1)c1ccccc1Cl. The Bertz CT molecular complexity index is 998. The fraction of sp³-hybridized carbons (Fsp3) is 0.200. The van der Waals surface area contributed by atoms with Crippen LogP contribution in [-0.4, -0.2) is 36.4 Å². The fourth-order valence-corrected chi connectivity index (χ4v) is 3.20. The number of carbonyl (C=O) groups excluding carboxylic acids is 1. The first-order valence-corrected chi connectivity index (χ1v) is 8.66. The lowest BCUT2D eigenvalue weighted by atomic mass is 10.1. The number of aromatic nitrogens is 1. The summed E-state index contributed by atoms with van der Waals surface area (Å²) >= 11 is 6.29. The summed E-state index contributed by atoms with van der Waals surface area (Å²) < 4.78 is 0. The van der Waals surface area contributed by atoms with Crippen LogP contribution < -0.4 is 10.9 Å². The Hall–Kier alpha value is -2.63. The Balaban J connectivity index is 1.81. The van der Waals surface area contributed by atoms with Crippen LogP contribution in [0.3, 0.4) is 0 Å². The number of nitrogens with zero attached hydrogens (tertiary/aromatic N) is 1. The van der Waals surface area contributed by atoms with E-state index in [2.05, 4.69) is 10.3 Å². The van der Waals surface area contributed by atoms with Crippen LogP contribution in [0, 0.1) is 0 Å². The highest BCUT2D eigenvalue weighted by Crippen LogP contribution is 2.25. The molecule has 5 nitrogen and oxygen atoms in total. The van der Waals surface area contributed by atoms with Gasteiger partial charge in [-0.05, 0) is 43.2 Å². The molecule has 1 unspecified atom stereocenters.